The second-order valence-corrected chi connectivity index (χ2v) is 10.9. The van der Waals surface area contributed by atoms with Crippen LogP contribution < -0.4 is 10.1 Å². The number of piperidine rings is 1. The minimum atomic E-state index is -3.13. The maximum atomic E-state index is 13.3. The van der Waals surface area contributed by atoms with Gasteiger partial charge in [0.1, 0.15) is 23.6 Å². The Labute approximate surface area is 261 Å². The molecule has 45 heavy (non-hydrogen) atoms. The highest BCUT2D eigenvalue weighted by Gasteiger charge is 2.27. The number of anilines is 1. The summed E-state index contributed by atoms with van der Waals surface area (Å²) >= 11 is 6.21. The number of rotatable bonds is 11. The van der Waals surface area contributed by atoms with Gasteiger partial charge in [0, 0.05) is 54.9 Å². The summed E-state index contributed by atoms with van der Waals surface area (Å²) in [5.74, 6) is -1.27. The molecule has 5 rings (SSSR count). The van der Waals surface area contributed by atoms with Gasteiger partial charge in [-0.05, 0) is 44.2 Å². The summed E-state index contributed by atoms with van der Waals surface area (Å²) < 4.78 is 38.8. The molecule has 0 radical (unpaired) electrons. The number of hydrogen-bond acceptors (Lipinski definition) is 9. The van der Waals surface area contributed by atoms with Gasteiger partial charge in [-0.3, -0.25) is 19.1 Å². The number of fused-ring (bicyclic) bond motifs is 1. The summed E-state index contributed by atoms with van der Waals surface area (Å²) in [5, 5.41) is 11.6. The Bertz CT molecular complexity index is 1690. The number of nitrogens with one attached hydrogen (secondary N) is 1. The molecule has 0 bridgehead atoms. The van der Waals surface area contributed by atoms with Gasteiger partial charge < -0.3 is 24.6 Å². The lowest BCUT2D eigenvalue weighted by Crippen LogP contribution is -2.46. The van der Waals surface area contributed by atoms with Crippen molar-refractivity contribution in [2.45, 2.75) is 38.5 Å². The fourth-order valence-electron chi connectivity index (χ4n) is 5.20. The zero-order chi connectivity index (χ0) is 32.1. The number of nitrogens with zero attached hydrogens (tertiary/aromatic N) is 7. The Balaban J connectivity index is 1.36. The lowest BCUT2D eigenvalue weighted by molar-refractivity contribution is -0.141. The van der Waals surface area contributed by atoms with Gasteiger partial charge in [-0.1, -0.05) is 11.6 Å². The molecule has 0 spiro atoms. The Kier molecular flexibility index (Phi) is 9.88. The van der Waals surface area contributed by atoms with E-state index in [0.29, 0.717) is 25.3 Å². The summed E-state index contributed by atoms with van der Waals surface area (Å²) in [7, 11) is 3.30. The van der Waals surface area contributed by atoms with Crippen LogP contribution in [0.2, 0.25) is 5.02 Å². The molecule has 0 atom stereocenters. The molecule has 0 aliphatic carbocycles. The third-order valence-corrected chi connectivity index (χ3v) is 7.82. The van der Waals surface area contributed by atoms with Crippen molar-refractivity contribution >= 4 is 40.7 Å². The molecule has 1 aliphatic rings. The second kappa shape index (κ2) is 14.0. The molecular formula is C29H31ClF2N8O5. The number of amides is 2. The van der Waals surface area contributed by atoms with Crippen molar-refractivity contribution in [1.29, 1.82) is 0 Å². The lowest BCUT2D eigenvalue weighted by atomic mass is 10.0. The van der Waals surface area contributed by atoms with E-state index in [1.54, 1.807) is 17.2 Å². The summed E-state index contributed by atoms with van der Waals surface area (Å²) in [5.41, 5.74) is 0.779. The molecular weight excluding hydrogens is 614 g/mol. The molecule has 0 saturated carbocycles. The molecule has 2 amide bonds. The molecule has 1 saturated heterocycles. The van der Waals surface area contributed by atoms with E-state index >= 15 is 0 Å². The van der Waals surface area contributed by atoms with Crippen LogP contribution in [-0.4, -0.2) is 98.4 Å². The first-order valence-corrected chi connectivity index (χ1v) is 14.5. The summed E-state index contributed by atoms with van der Waals surface area (Å²) in [6.45, 7) is -1.73. The molecule has 16 heteroatoms. The number of carbonyl (C=O) groups excluding carboxylic acids is 3. The Morgan fingerprint density at radius 2 is 2.00 bits per heavy atom. The number of likely N-dealkylation sites (tertiary alicyclic amines) is 1. The zero-order valence-electron chi connectivity index (χ0n) is 24.5. The first-order valence-electron chi connectivity index (χ1n) is 14.1. The molecule has 4 heterocycles. The number of methoxy groups -OCH3 is 1. The minimum Gasteiger partial charge on any atom is -0.469 e. The van der Waals surface area contributed by atoms with Gasteiger partial charge in [0.15, 0.2) is 5.65 Å². The lowest BCUT2D eigenvalue weighted by Gasteiger charge is -2.36. The zero-order valence-corrected chi connectivity index (χ0v) is 25.3. The van der Waals surface area contributed by atoms with Crippen molar-refractivity contribution in [2.75, 3.05) is 39.1 Å². The van der Waals surface area contributed by atoms with Crippen LogP contribution in [0.4, 0.5) is 14.5 Å². The van der Waals surface area contributed by atoms with Crippen LogP contribution in [0, 0.1) is 0 Å². The Morgan fingerprint density at radius 3 is 2.73 bits per heavy atom. The van der Waals surface area contributed by atoms with Gasteiger partial charge in [0.25, 0.3) is 5.91 Å². The average molecular weight is 645 g/mol. The molecule has 0 unspecified atom stereocenters. The fraction of sp³-hybridized carbons (Fsp3) is 0.379. The quantitative estimate of drug-likeness (QED) is 0.243. The van der Waals surface area contributed by atoms with E-state index in [0.717, 1.165) is 12.8 Å². The average Bonchev–Trinajstić information content (AvgIpc) is 3.64. The third-order valence-electron chi connectivity index (χ3n) is 7.58. The van der Waals surface area contributed by atoms with Crippen molar-refractivity contribution in [3.8, 4) is 17.0 Å². The summed E-state index contributed by atoms with van der Waals surface area (Å²) in [6.07, 6.45) is 7.69. The largest absolute Gasteiger partial charge is 0.469 e. The van der Waals surface area contributed by atoms with Crippen LogP contribution in [0.1, 0.15) is 29.6 Å². The highest BCUT2D eigenvalue weighted by molar-refractivity contribution is 6.31. The van der Waals surface area contributed by atoms with Crippen molar-refractivity contribution in [3.05, 3.63) is 59.6 Å². The highest BCUT2D eigenvalue weighted by Crippen LogP contribution is 2.37. The number of carbonyl (C=O) groups is 3. The smallest absolute Gasteiger partial charge is 0.387 e. The fourth-order valence-corrected chi connectivity index (χ4v) is 5.37. The van der Waals surface area contributed by atoms with Crippen molar-refractivity contribution in [3.63, 3.8) is 0 Å². The second-order valence-electron chi connectivity index (χ2n) is 10.4. The molecule has 1 fully saturated rings. The first kappa shape index (κ1) is 31.8. The number of hydrogen-bond donors (Lipinski definition) is 1. The third kappa shape index (κ3) is 7.54. The van der Waals surface area contributed by atoms with Gasteiger partial charge in [0.2, 0.25) is 5.91 Å². The van der Waals surface area contributed by atoms with Crippen LogP contribution in [0.25, 0.3) is 16.9 Å². The van der Waals surface area contributed by atoms with Gasteiger partial charge in [-0.2, -0.15) is 19.0 Å². The van der Waals surface area contributed by atoms with Gasteiger partial charge >= 0.3 is 12.6 Å². The summed E-state index contributed by atoms with van der Waals surface area (Å²) in [6, 6.07) is 5.93. The number of halogens is 3. The molecule has 1 N–H and O–H groups in total. The van der Waals surface area contributed by atoms with Crippen molar-refractivity contribution in [1.82, 2.24) is 34.2 Å². The van der Waals surface area contributed by atoms with E-state index in [-0.39, 0.29) is 64.2 Å². The molecule has 1 aliphatic heterocycles. The van der Waals surface area contributed by atoms with Crippen LogP contribution >= 0.6 is 11.6 Å². The Morgan fingerprint density at radius 1 is 1.22 bits per heavy atom. The van der Waals surface area contributed by atoms with Gasteiger partial charge in [-0.15, -0.1) is 0 Å². The van der Waals surface area contributed by atoms with Crippen LogP contribution in [0.3, 0.4) is 0 Å². The molecule has 1 aromatic carbocycles. The number of benzene rings is 1. The maximum Gasteiger partial charge on any atom is 0.387 e. The van der Waals surface area contributed by atoms with Crippen LogP contribution in [-0.2, 0) is 20.9 Å². The van der Waals surface area contributed by atoms with Crippen LogP contribution in [0.15, 0.2) is 49.1 Å². The first-order chi connectivity index (χ1) is 21.6. The minimum absolute atomic E-state index is 0.0738. The summed E-state index contributed by atoms with van der Waals surface area (Å²) in [4.78, 5) is 46.2. The van der Waals surface area contributed by atoms with Gasteiger partial charge in [-0.25, -0.2) is 9.50 Å². The van der Waals surface area contributed by atoms with E-state index in [4.69, 9.17) is 21.1 Å². The molecule has 4 aromatic rings. The maximum absolute atomic E-state index is 13.3. The predicted molar refractivity (Wildman–Crippen MR) is 159 cm³/mol. The van der Waals surface area contributed by atoms with Crippen LogP contribution in [0.5, 0.6) is 5.75 Å². The van der Waals surface area contributed by atoms with E-state index in [2.05, 4.69) is 25.4 Å². The molecule has 238 valence electrons. The number of aromatic nitrogens is 5. The van der Waals surface area contributed by atoms with E-state index < -0.39 is 12.5 Å². The standard InChI is InChI=1S/C29H31ClF2N8O5/c1-37(11-8-25(42)44-2)19-6-12-38(13-7-19)24(41)17-39-16-22(35-28(43)21-15-34-40-10-3-9-33-27(21)40)26(36-39)20-14-18(30)4-5-23(20)45-29(31)32/h3-5,9-10,14-16,19,29H,6-8,11-13,17H2,1-2H3,(H,35,43). The number of ether oxygens (including phenoxy) is 2. The van der Waals surface area contributed by atoms with E-state index in [9.17, 15) is 23.2 Å². The Hall–Kier alpha value is -4.63. The SMILES string of the molecule is COC(=O)CCN(C)C1CCN(C(=O)Cn2cc(NC(=O)c3cnn4cccnc34)c(-c3cc(Cl)ccc3OC(F)F)n2)CC1. The molecule has 3 aromatic heterocycles. The highest BCUT2D eigenvalue weighted by atomic mass is 35.5. The van der Waals surface area contributed by atoms with Crippen molar-refractivity contribution < 1.29 is 32.6 Å². The van der Waals surface area contributed by atoms with Crippen molar-refractivity contribution in [2.24, 2.45) is 0 Å². The number of esters is 1. The monoisotopic (exact) mass is 644 g/mol. The molecule has 13 nitrogen and oxygen atoms in total. The number of alkyl halides is 2. The van der Waals surface area contributed by atoms with Gasteiger partial charge in [0.05, 0.1) is 25.4 Å². The topological polar surface area (TPSA) is 136 Å². The van der Waals surface area contributed by atoms with E-state index in [1.807, 2.05) is 7.05 Å². The normalized spacial score (nSPS) is 13.9. The predicted octanol–water partition coefficient (Wildman–Crippen LogP) is 3.59. The van der Waals surface area contributed by atoms with E-state index in [1.165, 1.54) is 53.1 Å².